The molecule has 1 amide bonds. The molecule has 0 saturated carbocycles. The van der Waals surface area contributed by atoms with Crippen LogP contribution in [-0.4, -0.2) is 46.2 Å². The van der Waals surface area contributed by atoms with Gasteiger partial charge in [0.05, 0.1) is 18.0 Å². The zero-order chi connectivity index (χ0) is 13.8. The van der Waals surface area contributed by atoms with E-state index >= 15 is 0 Å². The van der Waals surface area contributed by atoms with Crippen molar-refractivity contribution in [3.8, 4) is 5.75 Å². The summed E-state index contributed by atoms with van der Waals surface area (Å²) in [5.41, 5.74) is 0.415. The lowest BCUT2D eigenvalue weighted by molar-refractivity contribution is -0.140. The Bertz CT molecular complexity index is 491. The van der Waals surface area contributed by atoms with Gasteiger partial charge in [0.1, 0.15) is 11.8 Å². The molecular weight excluding hydrogens is 266 g/mol. The second kappa shape index (κ2) is 5.97. The number of aliphatic carboxylic acids is 1. The summed E-state index contributed by atoms with van der Waals surface area (Å²) >= 11 is 1.44. The summed E-state index contributed by atoms with van der Waals surface area (Å²) in [6.07, 6.45) is 0. The van der Waals surface area contributed by atoms with Crippen molar-refractivity contribution in [1.82, 2.24) is 4.90 Å². The smallest absolute Gasteiger partial charge is 0.327 e. The molecule has 0 aromatic heterocycles. The average molecular weight is 281 g/mol. The van der Waals surface area contributed by atoms with Crippen molar-refractivity contribution in [2.75, 3.05) is 18.2 Å². The zero-order valence-electron chi connectivity index (χ0n) is 10.5. The number of carbonyl (C=O) groups is 2. The van der Waals surface area contributed by atoms with Gasteiger partial charge in [0.15, 0.2) is 0 Å². The van der Waals surface area contributed by atoms with Crippen LogP contribution in [0.25, 0.3) is 0 Å². The maximum atomic E-state index is 12.4. The number of thioether (sulfide) groups is 1. The summed E-state index contributed by atoms with van der Waals surface area (Å²) in [6, 6.07) is 6.15. The Labute approximate surface area is 115 Å². The molecule has 0 bridgehead atoms. The summed E-state index contributed by atoms with van der Waals surface area (Å²) in [7, 11) is 0. The van der Waals surface area contributed by atoms with Crippen LogP contribution < -0.4 is 4.74 Å². The lowest BCUT2D eigenvalue weighted by Crippen LogP contribution is -2.41. The van der Waals surface area contributed by atoms with Gasteiger partial charge in [-0.3, -0.25) is 4.79 Å². The van der Waals surface area contributed by atoms with Crippen LogP contribution in [0, 0.1) is 0 Å². The summed E-state index contributed by atoms with van der Waals surface area (Å²) in [5, 5.41) is 9.11. The molecule has 2 rings (SSSR count). The highest BCUT2D eigenvalue weighted by Gasteiger charge is 2.35. The molecule has 1 atom stereocenters. The maximum Gasteiger partial charge on any atom is 0.327 e. The Kier molecular flexibility index (Phi) is 4.31. The number of carboxylic acid groups (broad SMARTS) is 1. The van der Waals surface area contributed by atoms with E-state index < -0.39 is 12.0 Å². The molecule has 102 valence electrons. The predicted octanol–water partition coefficient (Wildman–Crippen LogP) is 1.68. The van der Waals surface area contributed by atoms with Crippen LogP contribution in [0.1, 0.15) is 17.3 Å². The van der Waals surface area contributed by atoms with Crippen molar-refractivity contribution in [3.63, 3.8) is 0 Å². The number of rotatable bonds is 4. The van der Waals surface area contributed by atoms with E-state index in [1.807, 2.05) is 6.92 Å². The summed E-state index contributed by atoms with van der Waals surface area (Å²) in [4.78, 5) is 24.9. The van der Waals surface area contributed by atoms with Crippen LogP contribution in [0.5, 0.6) is 5.75 Å². The van der Waals surface area contributed by atoms with E-state index in [0.717, 1.165) is 0 Å². The number of ether oxygens (including phenoxy) is 1. The highest BCUT2D eigenvalue weighted by molar-refractivity contribution is 7.99. The maximum absolute atomic E-state index is 12.4. The molecule has 19 heavy (non-hydrogen) atoms. The third kappa shape index (κ3) is 2.84. The SMILES string of the molecule is CCOc1ccccc1C(=O)N1CSCC1C(=O)O. The molecule has 1 aromatic carbocycles. The molecule has 1 aromatic rings. The van der Waals surface area contributed by atoms with Crippen LogP contribution in [0.2, 0.25) is 0 Å². The van der Waals surface area contributed by atoms with Crippen LogP contribution in [-0.2, 0) is 4.79 Å². The normalized spacial score (nSPS) is 18.4. The van der Waals surface area contributed by atoms with E-state index in [-0.39, 0.29) is 5.91 Å². The third-order valence-corrected chi connectivity index (χ3v) is 3.86. The zero-order valence-corrected chi connectivity index (χ0v) is 11.4. The van der Waals surface area contributed by atoms with Gasteiger partial charge >= 0.3 is 5.97 Å². The Balaban J connectivity index is 2.26. The fourth-order valence-electron chi connectivity index (χ4n) is 1.93. The minimum absolute atomic E-state index is 0.290. The molecule has 1 fully saturated rings. The summed E-state index contributed by atoms with van der Waals surface area (Å²) in [5.74, 6) is 0.0680. The van der Waals surface area contributed by atoms with E-state index in [0.29, 0.717) is 29.5 Å². The number of nitrogens with zero attached hydrogens (tertiary/aromatic N) is 1. The Morgan fingerprint density at radius 3 is 2.89 bits per heavy atom. The van der Waals surface area contributed by atoms with Crippen molar-refractivity contribution in [3.05, 3.63) is 29.8 Å². The fourth-order valence-corrected chi connectivity index (χ4v) is 3.07. The van der Waals surface area contributed by atoms with Crippen molar-refractivity contribution >= 4 is 23.6 Å². The van der Waals surface area contributed by atoms with Gasteiger partial charge < -0.3 is 14.7 Å². The topological polar surface area (TPSA) is 66.8 Å². The van der Waals surface area contributed by atoms with Gasteiger partial charge in [-0.25, -0.2) is 4.79 Å². The predicted molar refractivity (Wildman–Crippen MR) is 72.5 cm³/mol. The molecular formula is C13H15NO4S. The van der Waals surface area contributed by atoms with E-state index in [2.05, 4.69) is 0 Å². The first-order valence-electron chi connectivity index (χ1n) is 5.98. The monoisotopic (exact) mass is 281 g/mol. The number of para-hydroxylation sites is 1. The van der Waals surface area contributed by atoms with Crippen molar-refractivity contribution in [2.45, 2.75) is 13.0 Å². The lowest BCUT2D eigenvalue weighted by Gasteiger charge is -2.21. The second-order valence-electron chi connectivity index (χ2n) is 4.06. The second-order valence-corrected chi connectivity index (χ2v) is 5.06. The Hall–Kier alpha value is -1.69. The molecule has 5 nitrogen and oxygen atoms in total. The fraction of sp³-hybridized carbons (Fsp3) is 0.385. The first kappa shape index (κ1) is 13.7. The molecule has 0 radical (unpaired) electrons. The van der Waals surface area contributed by atoms with Crippen LogP contribution >= 0.6 is 11.8 Å². The van der Waals surface area contributed by atoms with Crippen molar-refractivity contribution < 1.29 is 19.4 Å². The average Bonchev–Trinajstić information content (AvgIpc) is 2.88. The Morgan fingerprint density at radius 2 is 2.21 bits per heavy atom. The number of hydrogen-bond acceptors (Lipinski definition) is 4. The van der Waals surface area contributed by atoms with Crippen LogP contribution in [0.3, 0.4) is 0 Å². The van der Waals surface area contributed by atoms with Gasteiger partial charge in [0, 0.05) is 5.75 Å². The minimum Gasteiger partial charge on any atom is -0.493 e. The minimum atomic E-state index is -0.966. The number of carbonyl (C=O) groups excluding carboxylic acids is 1. The number of carboxylic acids is 1. The van der Waals surface area contributed by atoms with Gasteiger partial charge in [0.25, 0.3) is 5.91 Å². The first-order valence-corrected chi connectivity index (χ1v) is 7.14. The van der Waals surface area contributed by atoms with E-state index in [1.54, 1.807) is 24.3 Å². The van der Waals surface area contributed by atoms with Crippen molar-refractivity contribution in [2.24, 2.45) is 0 Å². The molecule has 1 unspecified atom stereocenters. The molecule has 1 aliphatic rings. The third-order valence-electron chi connectivity index (χ3n) is 2.85. The van der Waals surface area contributed by atoms with Gasteiger partial charge in [-0.1, -0.05) is 12.1 Å². The number of benzene rings is 1. The first-order chi connectivity index (χ1) is 9.15. The van der Waals surface area contributed by atoms with Gasteiger partial charge in [-0.15, -0.1) is 11.8 Å². The quantitative estimate of drug-likeness (QED) is 0.909. The summed E-state index contributed by atoms with van der Waals surface area (Å²) in [6.45, 7) is 2.30. The highest BCUT2D eigenvalue weighted by atomic mass is 32.2. The summed E-state index contributed by atoms with van der Waals surface area (Å²) < 4.78 is 5.41. The molecule has 1 heterocycles. The standard InChI is InChI=1S/C13H15NO4S/c1-2-18-11-6-4-3-5-9(11)12(15)14-8-19-7-10(14)13(16)17/h3-6,10H,2,7-8H2,1H3,(H,16,17). The van der Waals surface area contributed by atoms with Crippen molar-refractivity contribution in [1.29, 1.82) is 0 Å². The molecule has 1 N–H and O–H groups in total. The van der Waals surface area contributed by atoms with E-state index in [4.69, 9.17) is 9.84 Å². The number of hydrogen-bond donors (Lipinski definition) is 1. The van der Waals surface area contributed by atoms with E-state index in [1.165, 1.54) is 16.7 Å². The molecule has 1 saturated heterocycles. The molecule has 1 aliphatic heterocycles. The highest BCUT2D eigenvalue weighted by Crippen LogP contribution is 2.27. The molecule has 0 aliphatic carbocycles. The molecule has 0 spiro atoms. The van der Waals surface area contributed by atoms with Crippen LogP contribution in [0.4, 0.5) is 0 Å². The van der Waals surface area contributed by atoms with Gasteiger partial charge in [0.2, 0.25) is 0 Å². The largest absolute Gasteiger partial charge is 0.493 e. The van der Waals surface area contributed by atoms with Gasteiger partial charge in [-0.2, -0.15) is 0 Å². The number of amides is 1. The van der Waals surface area contributed by atoms with Crippen LogP contribution in [0.15, 0.2) is 24.3 Å². The van der Waals surface area contributed by atoms with Gasteiger partial charge in [-0.05, 0) is 19.1 Å². The van der Waals surface area contributed by atoms with E-state index in [9.17, 15) is 9.59 Å². The molecule has 6 heteroatoms. The lowest BCUT2D eigenvalue weighted by atomic mass is 10.1. The Morgan fingerprint density at radius 1 is 1.47 bits per heavy atom.